The first-order valence-electron chi connectivity index (χ1n) is 9.66. The molecular formula is C22H17Cl2F7N2O2. The topological polar surface area (TPSA) is 49.4 Å². The van der Waals surface area contributed by atoms with E-state index in [4.69, 9.17) is 23.2 Å². The molecule has 0 aromatic heterocycles. The molecule has 1 atom stereocenters. The van der Waals surface area contributed by atoms with Crippen LogP contribution in [0.25, 0.3) is 6.08 Å². The molecular weight excluding hydrogens is 528 g/mol. The quantitative estimate of drug-likeness (QED) is 0.419. The van der Waals surface area contributed by atoms with E-state index in [0.29, 0.717) is 4.90 Å². The van der Waals surface area contributed by atoms with E-state index in [2.05, 4.69) is 0 Å². The number of allylic oxidation sites excluding steroid dienone is 1. The van der Waals surface area contributed by atoms with Gasteiger partial charge < -0.3 is 10.2 Å². The molecule has 2 rings (SSSR count). The maximum atomic E-state index is 14.4. The molecule has 2 aromatic carbocycles. The summed E-state index contributed by atoms with van der Waals surface area (Å²) in [7, 11) is 0.884. The number of amides is 2. The second kappa shape index (κ2) is 11.3. The van der Waals surface area contributed by atoms with Crippen molar-refractivity contribution in [1.29, 1.82) is 0 Å². The van der Waals surface area contributed by atoms with Crippen molar-refractivity contribution in [2.75, 3.05) is 20.1 Å². The number of nitrogens with zero attached hydrogens (tertiary/aromatic N) is 1. The molecule has 0 spiro atoms. The summed E-state index contributed by atoms with van der Waals surface area (Å²) in [5.41, 5.74) is -0.798. The van der Waals surface area contributed by atoms with Gasteiger partial charge in [0.25, 0.3) is 5.91 Å². The van der Waals surface area contributed by atoms with Crippen LogP contribution in [0.5, 0.6) is 0 Å². The van der Waals surface area contributed by atoms with E-state index in [0.717, 1.165) is 49.5 Å². The number of hydrogen-bond acceptors (Lipinski definition) is 2. The first-order valence-corrected chi connectivity index (χ1v) is 10.4. The van der Waals surface area contributed by atoms with Gasteiger partial charge in [0.15, 0.2) is 0 Å². The van der Waals surface area contributed by atoms with E-state index >= 15 is 0 Å². The van der Waals surface area contributed by atoms with Gasteiger partial charge in [-0.2, -0.15) is 26.3 Å². The molecule has 2 amide bonds. The van der Waals surface area contributed by atoms with Crippen LogP contribution in [-0.4, -0.2) is 49.2 Å². The fraction of sp³-hybridized carbons (Fsp3) is 0.273. The number of likely N-dealkylation sites (N-methyl/N-ethyl adjacent to an activating group) is 1. The molecule has 0 bridgehead atoms. The molecule has 0 saturated carbocycles. The third-order valence-electron chi connectivity index (χ3n) is 4.56. The average molecular weight is 545 g/mol. The maximum absolute atomic E-state index is 14.4. The van der Waals surface area contributed by atoms with Crippen molar-refractivity contribution in [3.8, 4) is 0 Å². The summed E-state index contributed by atoms with van der Waals surface area (Å²) in [6.45, 7) is -2.35. The molecule has 2 aromatic rings. The predicted molar refractivity (Wildman–Crippen MR) is 117 cm³/mol. The van der Waals surface area contributed by atoms with Crippen molar-refractivity contribution in [2.45, 2.75) is 18.3 Å². The Morgan fingerprint density at radius 1 is 1.03 bits per heavy atom. The number of carbonyl (C=O) groups excluding carboxylic acids is 2. The van der Waals surface area contributed by atoms with E-state index in [1.807, 2.05) is 5.32 Å². The lowest BCUT2D eigenvalue weighted by molar-refractivity contribution is -0.157. The third kappa shape index (κ3) is 8.74. The van der Waals surface area contributed by atoms with Crippen molar-refractivity contribution in [3.05, 3.63) is 75.0 Å². The van der Waals surface area contributed by atoms with Crippen LogP contribution in [-0.2, 0) is 4.79 Å². The Balaban J connectivity index is 2.14. The fourth-order valence-corrected chi connectivity index (χ4v) is 3.48. The largest absolute Gasteiger partial charge is 0.406 e. The average Bonchev–Trinajstić information content (AvgIpc) is 2.69. The van der Waals surface area contributed by atoms with E-state index in [1.54, 1.807) is 0 Å². The monoisotopic (exact) mass is 544 g/mol. The number of halogens is 9. The standard InChI is InChI=1S/C22H17Cl2F7N2O2/c1-33(11-21(26,27)28)19(34)10-32-20(35)16-4-2-12(6-18(16)25)3-5-17(22(29,30)31)13-7-14(23)9-15(24)8-13/h2-9,17H,10-11H2,1H3,(H,32,35)/b5-3+. The highest BCUT2D eigenvalue weighted by molar-refractivity contribution is 6.34. The summed E-state index contributed by atoms with van der Waals surface area (Å²) in [6, 6.07) is 6.37. The highest BCUT2D eigenvalue weighted by atomic mass is 35.5. The molecule has 35 heavy (non-hydrogen) atoms. The van der Waals surface area contributed by atoms with Gasteiger partial charge in [-0.15, -0.1) is 0 Å². The summed E-state index contributed by atoms with van der Waals surface area (Å²) in [6.07, 6.45) is -7.58. The molecule has 0 aliphatic carbocycles. The number of alkyl halides is 6. The molecule has 190 valence electrons. The van der Waals surface area contributed by atoms with Crippen LogP contribution in [0.3, 0.4) is 0 Å². The van der Waals surface area contributed by atoms with Crippen molar-refractivity contribution in [3.63, 3.8) is 0 Å². The first kappa shape index (κ1) is 28.4. The van der Waals surface area contributed by atoms with Gasteiger partial charge >= 0.3 is 12.4 Å². The van der Waals surface area contributed by atoms with Crippen LogP contribution in [0.4, 0.5) is 30.7 Å². The summed E-state index contributed by atoms with van der Waals surface area (Å²) in [4.78, 5) is 24.1. The summed E-state index contributed by atoms with van der Waals surface area (Å²) < 4.78 is 92.0. The Morgan fingerprint density at radius 3 is 2.14 bits per heavy atom. The Kier molecular flexibility index (Phi) is 9.18. The highest BCUT2D eigenvalue weighted by Gasteiger charge is 2.39. The normalized spacial score (nSPS) is 13.1. The van der Waals surface area contributed by atoms with Crippen molar-refractivity contribution >= 4 is 41.1 Å². The Morgan fingerprint density at radius 2 is 1.63 bits per heavy atom. The van der Waals surface area contributed by atoms with E-state index in [-0.39, 0.29) is 21.2 Å². The zero-order valence-corrected chi connectivity index (χ0v) is 19.3. The van der Waals surface area contributed by atoms with Crippen molar-refractivity contribution < 1.29 is 40.3 Å². The summed E-state index contributed by atoms with van der Waals surface area (Å²) >= 11 is 11.6. The smallest absolute Gasteiger partial charge is 0.343 e. The van der Waals surface area contributed by atoms with Gasteiger partial charge in [0.05, 0.1) is 18.0 Å². The lowest BCUT2D eigenvalue weighted by Gasteiger charge is -2.19. The fourth-order valence-electron chi connectivity index (χ4n) is 2.93. The highest BCUT2D eigenvalue weighted by Crippen LogP contribution is 2.38. The molecule has 0 aliphatic rings. The molecule has 0 saturated heterocycles. The zero-order chi connectivity index (χ0) is 26.6. The van der Waals surface area contributed by atoms with Crippen LogP contribution in [0.2, 0.25) is 10.0 Å². The number of hydrogen-bond donors (Lipinski definition) is 1. The maximum Gasteiger partial charge on any atom is 0.406 e. The summed E-state index contributed by atoms with van der Waals surface area (Å²) in [5, 5.41) is 2.00. The molecule has 0 heterocycles. The van der Waals surface area contributed by atoms with Crippen molar-refractivity contribution in [2.24, 2.45) is 0 Å². The molecule has 0 radical (unpaired) electrons. The van der Waals surface area contributed by atoms with E-state index in [9.17, 15) is 40.3 Å². The first-order chi connectivity index (χ1) is 16.1. The minimum Gasteiger partial charge on any atom is -0.343 e. The van der Waals surface area contributed by atoms with E-state index < -0.39 is 54.6 Å². The Bertz CT molecular complexity index is 1100. The van der Waals surface area contributed by atoms with E-state index in [1.165, 1.54) is 6.07 Å². The predicted octanol–water partition coefficient (Wildman–Crippen LogP) is 6.24. The van der Waals surface area contributed by atoms with Crippen LogP contribution in [0.1, 0.15) is 27.4 Å². The van der Waals surface area contributed by atoms with Gasteiger partial charge in [-0.3, -0.25) is 9.59 Å². The zero-order valence-electron chi connectivity index (χ0n) is 17.8. The van der Waals surface area contributed by atoms with Crippen LogP contribution < -0.4 is 5.32 Å². The van der Waals surface area contributed by atoms with Crippen LogP contribution >= 0.6 is 23.2 Å². The Hall–Kier alpha value is -2.79. The molecule has 0 aliphatic heterocycles. The lowest BCUT2D eigenvalue weighted by Crippen LogP contribution is -2.42. The second-order valence-corrected chi connectivity index (χ2v) is 8.24. The lowest BCUT2D eigenvalue weighted by atomic mass is 9.97. The molecule has 13 heteroatoms. The third-order valence-corrected chi connectivity index (χ3v) is 4.99. The van der Waals surface area contributed by atoms with Gasteiger partial charge in [0, 0.05) is 17.1 Å². The molecule has 4 nitrogen and oxygen atoms in total. The van der Waals surface area contributed by atoms with Gasteiger partial charge in [0.2, 0.25) is 5.91 Å². The minimum absolute atomic E-state index is 0.000332. The minimum atomic E-state index is -4.71. The SMILES string of the molecule is CN(CC(F)(F)F)C(=O)CNC(=O)c1ccc(/C=C/C(c2cc(Cl)cc(Cl)c2)C(F)(F)F)cc1F. The molecule has 1 N–H and O–H groups in total. The van der Waals surface area contributed by atoms with Crippen molar-refractivity contribution in [1.82, 2.24) is 10.2 Å². The van der Waals surface area contributed by atoms with Gasteiger partial charge in [-0.25, -0.2) is 4.39 Å². The number of benzene rings is 2. The molecule has 1 unspecified atom stereocenters. The van der Waals surface area contributed by atoms with Crippen LogP contribution in [0.15, 0.2) is 42.5 Å². The van der Waals surface area contributed by atoms with Gasteiger partial charge in [-0.05, 0) is 41.5 Å². The van der Waals surface area contributed by atoms with Gasteiger partial charge in [0.1, 0.15) is 12.4 Å². The summed E-state index contributed by atoms with van der Waals surface area (Å²) in [5.74, 6) is -5.37. The number of rotatable bonds is 7. The van der Waals surface area contributed by atoms with Gasteiger partial charge in [-0.1, -0.05) is 41.4 Å². The second-order valence-electron chi connectivity index (χ2n) is 7.37. The number of nitrogens with one attached hydrogen (secondary N) is 1. The molecule has 0 fully saturated rings. The Labute approximate surface area is 205 Å². The number of carbonyl (C=O) groups is 2. The van der Waals surface area contributed by atoms with Crippen LogP contribution in [0, 0.1) is 5.82 Å².